The van der Waals surface area contributed by atoms with E-state index in [1.165, 1.54) is 23.6 Å². The van der Waals surface area contributed by atoms with Gasteiger partial charge in [-0.25, -0.2) is 4.98 Å². The minimum Gasteiger partial charge on any atom is -0.384 e. The molecular weight excluding hydrogens is 385 g/mol. The zero-order valence-electron chi connectivity index (χ0n) is 15.0. The van der Waals surface area contributed by atoms with E-state index in [0.29, 0.717) is 5.02 Å². The summed E-state index contributed by atoms with van der Waals surface area (Å²) in [6.45, 7) is 2.78. The van der Waals surface area contributed by atoms with E-state index in [9.17, 15) is 9.50 Å². The largest absolute Gasteiger partial charge is 0.384 e. The van der Waals surface area contributed by atoms with Gasteiger partial charge in [-0.1, -0.05) is 30.7 Å². The van der Waals surface area contributed by atoms with E-state index >= 15 is 0 Å². The van der Waals surface area contributed by atoms with Crippen molar-refractivity contribution in [2.24, 2.45) is 0 Å². The lowest BCUT2D eigenvalue weighted by molar-refractivity contribution is 0.218. The Labute approximate surface area is 167 Å². The van der Waals surface area contributed by atoms with Gasteiger partial charge in [0.05, 0.1) is 6.17 Å². The van der Waals surface area contributed by atoms with Gasteiger partial charge in [-0.2, -0.15) is 4.39 Å². The van der Waals surface area contributed by atoms with Gasteiger partial charge in [-0.15, -0.1) is 11.3 Å². The highest BCUT2D eigenvalue weighted by molar-refractivity contribution is 7.15. The lowest BCUT2D eigenvalue weighted by Crippen LogP contribution is -2.31. The summed E-state index contributed by atoms with van der Waals surface area (Å²) in [5.74, 6) is -0.529. The second-order valence-electron chi connectivity index (χ2n) is 6.03. The van der Waals surface area contributed by atoms with E-state index in [1.54, 1.807) is 18.2 Å². The number of halogens is 2. The van der Waals surface area contributed by atoms with Crippen molar-refractivity contribution in [1.29, 1.82) is 0 Å². The molecule has 142 valence electrons. The number of thiophene rings is 1. The monoisotopic (exact) mass is 405 g/mol. The molecule has 3 N–H and O–H groups in total. The fourth-order valence-electron chi connectivity index (χ4n) is 2.91. The Morgan fingerprint density at radius 2 is 1.96 bits per heavy atom. The fourth-order valence-corrected chi connectivity index (χ4v) is 4.31. The van der Waals surface area contributed by atoms with Crippen LogP contribution in [0.15, 0.2) is 48.7 Å². The quantitative estimate of drug-likeness (QED) is 0.400. The molecule has 3 aromatic rings. The minimum absolute atomic E-state index is 0.127. The molecule has 27 heavy (non-hydrogen) atoms. The first-order valence-corrected chi connectivity index (χ1v) is 9.82. The highest BCUT2D eigenvalue weighted by atomic mass is 35.5. The highest BCUT2D eigenvalue weighted by Crippen LogP contribution is 2.39. The normalized spacial score (nSPS) is 13.5. The molecular formula is C20H21ClFN3OS. The zero-order chi connectivity index (χ0) is 19.4. The minimum atomic E-state index is -0.816. The highest BCUT2D eigenvalue weighted by Gasteiger charge is 2.23. The molecule has 0 amide bonds. The van der Waals surface area contributed by atoms with E-state index < -0.39 is 12.1 Å². The van der Waals surface area contributed by atoms with Crippen LogP contribution in [0.3, 0.4) is 0 Å². The number of nitrogens with zero attached hydrogens (tertiary/aromatic N) is 1. The Morgan fingerprint density at radius 3 is 2.59 bits per heavy atom. The van der Waals surface area contributed by atoms with Crippen molar-refractivity contribution in [3.8, 4) is 10.4 Å². The summed E-state index contributed by atoms with van der Waals surface area (Å²) < 4.78 is 13.6. The van der Waals surface area contributed by atoms with Crippen molar-refractivity contribution in [2.45, 2.75) is 19.2 Å². The molecule has 0 fully saturated rings. The third-order valence-electron chi connectivity index (χ3n) is 4.24. The predicted molar refractivity (Wildman–Crippen MR) is 108 cm³/mol. The summed E-state index contributed by atoms with van der Waals surface area (Å²) >= 11 is 7.48. The summed E-state index contributed by atoms with van der Waals surface area (Å²) in [5.41, 5.74) is 2.25. The zero-order valence-corrected chi connectivity index (χ0v) is 16.6. The van der Waals surface area contributed by atoms with Crippen LogP contribution in [0.25, 0.3) is 10.4 Å². The molecule has 4 nitrogen and oxygen atoms in total. The Bertz CT molecular complexity index is 900. The number of hydrogen-bond donors (Lipinski definition) is 3. The lowest BCUT2D eigenvalue weighted by Gasteiger charge is -2.20. The van der Waals surface area contributed by atoms with Crippen LogP contribution in [0.2, 0.25) is 5.02 Å². The Morgan fingerprint density at radius 1 is 1.22 bits per heavy atom. The Hall–Kier alpha value is -1.83. The maximum atomic E-state index is 13.6. The van der Waals surface area contributed by atoms with Crippen molar-refractivity contribution in [1.82, 2.24) is 15.6 Å². The molecule has 0 saturated heterocycles. The third-order valence-corrected chi connectivity index (χ3v) is 5.76. The first-order valence-electron chi connectivity index (χ1n) is 8.63. The average molecular weight is 406 g/mol. The molecule has 2 heterocycles. The van der Waals surface area contributed by atoms with Gasteiger partial charge in [-0.05, 0) is 49.0 Å². The number of hydrogen-bond acceptors (Lipinski definition) is 5. The maximum absolute atomic E-state index is 13.6. The van der Waals surface area contributed by atoms with Gasteiger partial charge < -0.3 is 10.4 Å². The van der Waals surface area contributed by atoms with Crippen LogP contribution in [0, 0.1) is 5.95 Å². The van der Waals surface area contributed by atoms with Crippen molar-refractivity contribution < 1.29 is 9.50 Å². The van der Waals surface area contributed by atoms with Crippen LogP contribution in [-0.4, -0.2) is 23.7 Å². The molecule has 1 aromatic carbocycles. The first-order chi connectivity index (χ1) is 13.0. The van der Waals surface area contributed by atoms with Crippen LogP contribution in [0.1, 0.15) is 35.2 Å². The fraction of sp³-hybridized carbons (Fsp3) is 0.250. The van der Waals surface area contributed by atoms with Crippen molar-refractivity contribution in [3.63, 3.8) is 0 Å². The summed E-state index contributed by atoms with van der Waals surface area (Å²) in [4.78, 5) is 5.44. The Kier molecular flexibility index (Phi) is 6.57. The van der Waals surface area contributed by atoms with Crippen LogP contribution < -0.4 is 10.6 Å². The number of aromatic nitrogens is 1. The number of nitrogens with one attached hydrogen (secondary N) is 2. The lowest BCUT2D eigenvalue weighted by atomic mass is 10.00. The van der Waals surface area contributed by atoms with Crippen LogP contribution in [0.5, 0.6) is 0 Å². The number of aliphatic hydroxyl groups is 1. The molecule has 2 unspecified atom stereocenters. The molecule has 0 aliphatic carbocycles. The summed E-state index contributed by atoms with van der Waals surface area (Å²) in [6.07, 6.45) is 0.500. The molecule has 0 aliphatic rings. The molecule has 0 bridgehead atoms. The molecule has 2 aromatic heterocycles. The van der Waals surface area contributed by atoms with Gasteiger partial charge in [0.25, 0.3) is 0 Å². The molecule has 7 heteroatoms. The summed E-state index contributed by atoms with van der Waals surface area (Å²) in [5, 5.41) is 18.2. The average Bonchev–Trinajstić information content (AvgIpc) is 3.11. The van der Waals surface area contributed by atoms with Gasteiger partial charge in [0.2, 0.25) is 5.95 Å². The van der Waals surface area contributed by atoms with Gasteiger partial charge >= 0.3 is 0 Å². The number of aliphatic hydroxyl groups excluding tert-OH is 1. The van der Waals surface area contributed by atoms with Gasteiger partial charge in [0, 0.05) is 32.6 Å². The summed E-state index contributed by atoms with van der Waals surface area (Å²) in [7, 11) is 1.86. The number of rotatable bonds is 7. The van der Waals surface area contributed by atoms with E-state index in [-0.39, 0.29) is 6.17 Å². The maximum Gasteiger partial charge on any atom is 0.213 e. The number of pyridine rings is 1. The molecule has 0 aliphatic heterocycles. The molecule has 2 atom stereocenters. The van der Waals surface area contributed by atoms with E-state index in [1.807, 2.05) is 32.2 Å². The van der Waals surface area contributed by atoms with Crippen LogP contribution in [-0.2, 0) is 0 Å². The van der Waals surface area contributed by atoms with Crippen LogP contribution >= 0.6 is 22.9 Å². The first kappa shape index (κ1) is 19.9. The van der Waals surface area contributed by atoms with E-state index in [2.05, 4.69) is 15.6 Å². The second-order valence-corrected chi connectivity index (χ2v) is 7.55. The Balaban J connectivity index is 2.08. The molecule has 0 spiro atoms. The standard InChI is InChI=1S/C20H21ClFN3OS/c1-3-24-20(23-2)19-15(18(26)12-4-6-14(21)7-5-12)11-16(27-19)13-8-9-25-17(22)10-13/h4-11,18,20,23-24,26H,3H2,1-2H3. The smallest absolute Gasteiger partial charge is 0.213 e. The topological polar surface area (TPSA) is 57.2 Å². The van der Waals surface area contributed by atoms with Crippen molar-refractivity contribution in [3.05, 3.63) is 75.6 Å². The van der Waals surface area contributed by atoms with E-state index in [4.69, 9.17) is 11.6 Å². The predicted octanol–water partition coefficient (Wildman–Crippen LogP) is 4.51. The van der Waals surface area contributed by atoms with Gasteiger partial charge in [-0.3, -0.25) is 5.32 Å². The SMILES string of the molecule is CCNC(NC)c1sc(-c2ccnc(F)c2)cc1C(O)c1ccc(Cl)cc1. The van der Waals surface area contributed by atoms with Crippen LogP contribution in [0.4, 0.5) is 4.39 Å². The van der Waals surface area contributed by atoms with Gasteiger partial charge in [0.1, 0.15) is 6.10 Å². The van der Waals surface area contributed by atoms with Gasteiger partial charge in [0.15, 0.2) is 0 Å². The number of benzene rings is 1. The molecule has 0 saturated carbocycles. The van der Waals surface area contributed by atoms with Crippen molar-refractivity contribution >= 4 is 22.9 Å². The van der Waals surface area contributed by atoms with Crippen molar-refractivity contribution in [2.75, 3.05) is 13.6 Å². The second kappa shape index (κ2) is 8.91. The molecule has 3 rings (SSSR count). The van der Waals surface area contributed by atoms with E-state index in [0.717, 1.165) is 33.0 Å². The summed E-state index contributed by atoms with van der Waals surface area (Å²) in [6, 6.07) is 12.2. The molecule has 0 radical (unpaired) electrons. The third kappa shape index (κ3) is 4.54.